The zero-order chi connectivity index (χ0) is 10.7. The average molecular weight is 203 g/mol. The molecule has 3 nitrogen and oxygen atoms in total. The van der Waals surface area contributed by atoms with E-state index in [0.717, 1.165) is 16.7 Å². The molecule has 1 atom stereocenters. The number of para-hydroxylation sites is 1. The van der Waals surface area contributed by atoms with Gasteiger partial charge >= 0.3 is 0 Å². The molecule has 0 radical (unpaired) electrons. The van der Waals surface area contributed by atoms with Crippen LogP contribution in [0.15, 0.2) is 36.5 Å². The monoisotopic (exact) mass is 203 g/mol. The van der Waals surface area contributed by atoms with E-state index in [1.165, 1.54) is 0 Å². The summed E-state index contributed by atoms with van der Waals surface area (Å²) in [4.78, 5) is 4.29. The van der Waals surface area contributed by atoms with Crippen LogP contribution in [0.25, 0.3) is 10.9 Å². The highest BCUT2D eigenvalue weighted by Crippen LogP contribution is 2.18. The Balaban J connectivity index is 2.30. The first-order valence-electron chi connectivity index (χ1n) is 4.84. The van der Waals surface area contributed by atoms with Crippen LogP contribution in [-0.4, -0.2) is 18.4 Å². The van der Waals surface area contributed by atoms with Crippen LogP contribution in [0.4, 0.5) is 0 Å². The fourth-order valence-corrected chi connectivity index (χ4v) is 1.36. The third kappa shape index (κ3) is 2.25. The second-order valence-corrected chi connectivity index (χ2v) is 3.28. The summed E-state index contributed by atoms with van der Waals surface area (Å²) >= 11 is 0. The van der Waals surface area contributed by atoms with Crippen molar-refractivity contribution in [3.05, 3.63) is 36.5 Å². The van der Waals surface area contributed by atoms with Gasteiger partial charge in [-0.2, -0.15) is 0 Å². The molecule has 0 saturated carbocycles. The van der Waals surface area contributed by atoms with Gasteiger partial charge in [0.1, 0.15) is 5.75 Å². The lowest BCUT2D eigenvalue weighted by atomic mass is 10.2. The number of fused-ring (bicyclic) bond motifs is 1. The Hall–Kier alpha value is -1.61. The predicted molar refractivity (Wildman–Crippen MR) is 58.8 cm³/mol. The third-order valence-corrected chi connectivity index (χ3v) is 2.20. The highest BCUT2D eigenvalue weighted by molar-refractivity contribution is 5.79. The molecule has 0 saturated heterocycles. The summed E-state index contributed by atoms with van der Waals surface area (Å²) in [5.41, 5.74) is 0.968. The topological polar surface area (TPSA) is 31.4 Å². The van der Waals surface area contributed by atoms with Crippen LogP contribution < -0.4 is 4.74 Å². The Morgan fingerprint density at radius 1 is 1.27 bits per heavy atom. The summed E-state index contributed by atoms with van der Waals surface area (Å²) < 4.78 is 10.5. The Kier molecular flexibility index (Phi) is 2.83. The highest BCUT2D eigenvalue weighted by atomic mass is 16.7. The number of benzene rings is 1. The van der Waals surface area contributed by atoms with Crippen LogP contribution in [0.3, 0.4) is 0 Å². The molecule has 1 unspecified atom stereocenters. The molecule has 3 heteroatoms. The maximum Gasteiger partial charge on any atom is 0.196 e. The van der Waals surface area contributed by atoms with Gasteiger partial charge < -0.3 is 9.47 Å². The lowest BCUT2D eigenvalue weighted by Gasteiger charge is -2.12. The minimum absolute atomic E-state index is 0.257. The SMILES string of the molecule is COC(C)Oc1cnc2ccccc2c1. The van der Waals surface area contributed by atoms with Crippen LogP contribution in [0.1, 0.15) is 6.92 Å². The van der Waals surface area contributed by atoms with Crippen molar-refractivity contribution in [1.29, 1.82) is 0 Å². The van der Waals surface area contributed by atoms with Gasteiger partial charge in [-0.15, -0.1) is 0 Å². The van der Waals surface area contributed by atoms with Crippen LogP contribution in [0, 0.1) is 0 Å². The van der Waals surface area contributed by atoms with Crippen molar-refractivity contribution < 1.29 is 9.47 Å². The quantitative estimate of drug-likeness (QED) is 0.718. The molecule has 0 N–H and O–H groups in total. The van der Waals surface area contributed by atoms with Crippen LogP contribution in [0.5, 0.6) is 5.75 Å². The summed E-state index contributed by atoms with van der Waals surface area (Å²) in [7, 11) is 1.61. The Morgan fingerprint density at radius 3 is 2.87 bits per heavy atom. The number of hydrogen-bond donors (Lipinski definition) is 0. The first-order valence-corrected chi connectivity index (χ1v) is 4.84. The molecule has 0 aliphatic heterocycles. The van der Waals surface area contributed by atoms with E-state index < -0.39 is 0 Å². The fraction of sp³-hybridized carbons (Fsp3) is 0.250. The van der Waals surface area contributed by atoms with E-state index in [1.807, 2.05) is 37.3 Å². The first-order chi connectivity index (χ1) is 7.29. The van der Waals surface area contributed by atoms with Gasteiger partial charge in [0.15, 0.2) is 6.29 Å². The van der Waals surface area contributed by atoms with Gasteiger partial charge in [-0.3, -0.25) is 4.98 Å². The molecule has 0 spiro atoms. The largest absolute Gasteiger partial charge is 0.464 e. The number of hydrogen-bond acceptors (Lipinski definition) is 3. The fourth-order valence-electron chi connectivity index (χ4n) is 1.36. The van der Waals surface area contributed by atoms with E-state index in [-0.39, 0.29) is 6.29 Å². The molecular weight excluding hydrogens is 190 g/mol. The number of aromatic nitrogens is 1. The minimum Gasteiger partial charge on any atom is -0.464 e. The van der Waals surface area contributed by atoms with Crippen molar-refractivity contribution in [3.8, 4) is 5.75 Å². The summed E-state index contributed by atoms with van der Waals surface area (Å²) in [6.45, 7) is 1.84. The maximum atomic E-state index is 5.49. The molecule has 0 aliphatic carbocycles. The molecule has 2 rings (SSSR count). The van der Waals surface area contributed by atoms with E-state index in [0.29, 0.717) is 0 Å². The second-order valence-electron chi connectivity index (χ2n) is 3.28. The number of pyridine rings is 1. The van der Waals surface area contributed by atoms with Gasteiger partial charge in [0.05, 0.1) is 11.7 Å². The number of methoxy groups -OCH3 is 1. The summed E-state index contributed by atoms with van der Waals surface area (Å²) in [5, 5.41) is 1.07. The predicted octanol–water partition coefficient (Wildman–Crippen LogP) is 2.61. The van der Waals surface area contributed by atoms with Crippen molar-refractivity contribution in [2.24, 2.45) is 0 Å². The van der Waals surface area contributed by atoms with Gasteiger partial charge in [0, 0.05) is 12.5 Å². The standard InChI is InChI=1S/C12H13NO2/c1-9(14-2)15-11-7-10-5-3-4-6-12(10)13-8-11/h3-9H,1-2H3. The molecule has 0 fully saturated rings. The van der Waals surface area contributed by atoms with Gasteiger partial charge in [0.2, 0.25) is 0 Å². The van der Waals surface area contributed by atoms with E-state index in [2.05, 4.69) is 4.98 Å². The van der Waals surface area contributed by atoms with E-state index >= 15 is 0 Å². The smallest absolute Gasteiger partial charge is 0.196 e. The van der Waals surface area contributed by atoms with Gasteiger partial charge in [-0.1, -0.05) is 18.2 Å². The zero-order valence-corrected chi connectivity index (χ0v) is 8.81. The van der Waals surface area contributed by atoms with Crippen LogP contribution in [-0.2, 0) is 4.74 Å². The van der Waals surface area contributed by atoms with Gasteiger partial charge in [0.25, 0.3) is 0 Å². The zero-order valence-electron chi connectivity index (χ0n) is 8.81. The summed E-state index contributed by atoms with van der Waals surface area (Å²) in [6.07, 6.45) is 1.45. The highest BCUT2D eigenvalue weighted by Gasteiger charge is 2.02. The van der Waals surface area contributed by atoms with Crippen LogP contribution in [0.2, 0.25) is 0 Å². The van der Waals surface area contributed by atoms with Crippen molar-refractivity contribution >= 4 is 10.9 Å². The molecule has 0 bridgehead atoms. The van der Waals surface area contributed by atoms with E-state index in [4.69, 9.17) is 9.47 Å². The molecule has 15 heavy (non-hydrogen) atoms. The van der Waals surface area contributed by atoms with Gasteiger partial charge in [-0.05, 0) is 19.1 Å². The Labute approximate surface area is 88.7 Å². The number of nitrogens with zero attached hydrogens (tertiary/aromatic N) is 1. The van der Waals surface area contributed by atoms with E-state index in [1.54, 1.807) is 13.3 Å². The maximum absolute atomic E-state index is 5.49. The number of ether oxygens (including phenoxy) is 2. The molecule has 2 aromatic rings. The van der Waals surface area contributed by atoms with E-state index in [9.17, 15) is 0 Å². The van der Waals surface area contributed by atoms with Crippen LogP contribution >= 0.6 is 0 Å². The molecular formula is C12H13NO2. The summed E-state index contributed by atoms with van der Waals surface area (Å²) in [6, 6.07) is 9.88. The van der Waals surface area contributed by atoms with Crippen molar-refractivity contribution in [2.75, 3.05) is 7.11 Å². The van der Waals surface area contributed by atoms with Crippen molar-refractivity contribution in [2.45, 2.75) is 13.2 Å². The summed E-state index contributed by atoms with van der Waals surface area (Å²) in [5.74, 6) is 0.725. The Bertz CT molecular complexity index is 456. The first kappa shape index (κ1) is 9.93. The number of rotatable bonds is 3. The van der Waals surface area contributed by atoms with Crippen molar-refractivity contribution in [3.63, 3.8) is 0 Å². The average Bonchev–Trinajstić information content (AvgIpc) is 2.29. The molecule has 78 valence electrons. The van der Waals surface area contributed by atoms with Gasteiger partial charge in [-0.25, -0.2) is 0 Å². The molecule has 0 aliphatic rings. The minimum atomic E-state index is -0.257. The second kappa shape index (κ2) is 4.28. The molecule has 0 amide bonds. The third-order valence-electron chi connectivity index (χ3n) is 2.20. The molecule has 1 aromatic heterocycles. The lowest BCUT2D eigenvalue weighted by Crippen LogP contribution is -2.13. The molecule has 1 heterocycles. The molecule has 1 aromatic carbocycles. The normalized spacial score (nSPS) is 12.7. The van der Waals surface area contributed by atoms with Crippen molar-refractivity contribution in [1.82, 2.24) is 4.98 Å². The lowest BCUT2D eigenvalue weighted by molar-refractivity contribution is -0.0383. The Morgan fingerprint density at radius 2 is 2.07 bits per heavy atom.